The number of hydrogen-bond donors (Lipinski definition) is 0. The van der Waals surface area contributed by atoms with Gasteiger partial charge in [0, 0.05) is 10.8 Å². The van der Waals surface area contributed by atoms with Crippen LogP contribution in [-0.2, 0) is 0 Å². The Morgan fingerprint density at radius 1 is 0.333 bits per heavy atom. The minimum atomic E-state index is 0.924. The van der Waals surface area contributed by atoms with Gasteiger partial charge in [-0.2, -0.15) is 0 Å². The van der Waals surface area contributed by atoms with Gasteiger partial charge in [-0.25, -0.2) is 0 Å². The third-order valence-corrected chi connectivity index (χ3v) is 12.3. The van der Waals surface area contributed by atoms with Crippen LogP contribution in [0.3, 0.4) is 0 Å². The summed E-state index contributed by atoms with van der Waals surface area (Å²) in [6.45, 7) is 0. The quantitative estimate of drug-likeness (QED) is 0.163. The maximum absolute atomic E-state index is 6.27. The zero-order valence-corrected chi connectivity index (χ0v) is 30.8. The first kappa shape index (κ1) is 31.8. The summed E-state index contributed by atoms with van der Waals surface area (Å²) in [5.74, 6) is 0. The Hall–Kier alpha value is -5.14. The minimum Gasteiger partial charge on any atom is -0.456 e. The molecule has 1 heterocycles. The van der Waals surface area contributed by atoms with Gasteiger partial charge in [-0.1, -0.05) is 113 Å². The van der Waals surface area contributed by atoms with Crippen LogP contribution in [0.1, 0.15) is 0 Å². The lowest BCUT2D eigenvalue weighted by Crippen LogP contribution is -2.50. The normalized spacial score (nSPS) is 11.8. The molecule has 1 nitrogen and oxygen atoms in total. The predicted molar refractivity (Wildman–Crippen MR) is 248 cm³/mol. The maximum Gasteiger partial charge on any atom is 0.139 e. The van der Waals surface area contributed by atoms with Crippen LogP contribution in [0.4, 0.5) is 0 Å². The van der Waals surface area contributed by atoms with Crippen molar-refractivity contribution in [1.29, 1.82) is 0 Å². The molecule has 0 spiro atoms. The van der Waals surface area contributed by atoms with Crippen molar-refractivity contribution in [3.05, 3.63) is 109 Å². The van der Waals surface area contributed by atoms with Gasteiger partial charge in [0.1, 0.15) is 73.9 Å². The lowest BCUT2D eigenvalue weighted by Gasteiger charge is -2.28. The van der Waals surface area contributed by atoms with Crippen LogP contribution >= 0.6 is 0 Å². The molecule has 0 unspecified atom stereocenters. The van der Waals surface area contributed by atoms with E-state index in [4.69, 9.17) is 4.42 Å². The first-order valence-electron chi connectivity index (χ1n) is 18.1. The molecule has 0 radical (unpaired) electrons. The molecule has 9 heteroatoms. The molecule has 0 atom stereocenters. The van der Waals surface area contributed by atoms with Crippen LogP contribution in [-0.4, -0.2) is 62.8 Å². The van der Waals surface area contributed by atoms with Crippen LogP contribution in [0.15, 0.2) is 114 Å². The third-order valence-electron chi connectivity index (χ3n) is 12.3. The zero-order chi connectivity index (χ0) is 35.3. The van der Waals surface area contributed by atoms with Crippen molar-refractivity contribution in [2.45, 2.75) is 0 Å². The zero-order valence-electron chi connectivity index (χ0n) is 30.8. The Balaban J connectivity index is 1.39. The van der Waals surface area contributed by atoms with E-state index in [9.17, 15) is 0 Å². The Kier molecular flexibility index (Phi) is 7.30. The van der Waals surface area contributed by atoms with E-state index in [1.54, 1.807) is 0 Å². The van der Waals surface area contributed by atoms with Crippen molar-refractivity contribution in [3.8, 4) is 33.4 Å². The van der Waals surface area contributed by atoms with Gasteiger partial charge in [0.05, 0.1) is 0 Å². The van der Waals surface area contributed by atoms with E-state index >= 15 is 0 Å². The van der Waals surface area contributed by atoms with Gasteiger partial charge < -0.3 is 4.42 Å². The highest BCUT2D eigenvalue weighted by Gasteiger charge is 2.25. The molecule has 9 rings (SSSR count). The highest BCUT2D eigenvalue weighted by molar-refractivity contribution is 6.71. The van der Waals surface area contributed by atoms with E-state index in [-0.39, 0.29) is 0 Å². The van der Waals surface area contributed by atoms with Crippen LogP contribution in [0, 0.1) is 0 Å². The topological polar surface area (TPSA) is 13.1 Å². The van der Waals surface area contributed by atoms with Gasteiger partial charge in [0.25, 0.3) is 0 Å². The summed E-state index contributed by atoms with van der Waals surface area (Å²) >= 11 is 0. The highest BCUT2D eigenvalue weighted by Crippen LogP contribution is 2.43. The third kappa shape index (κ3) is 4.60. The van der Waals surface area contributed by atoms with Crippen molar-refractivity contribution in [2.75, 3.05) is 0 Å². The molecule has 0 aliphatic carbocycles. The van der Waals surface area contributed by atoms with E-state index in [2.05, 4.69) is 160 Å². The Morgan fingerprint density at radius 3 is 1.43 bits per heavy atom. The maximum atomic E-state index is 6.27. The fourth-order valence-electron chi connectivity index (χ4n) is 8.86. The predicted octanol–water partition coefficient (Wildman–Crippen LogP) is -1.89. The largest absolute Gasteiger partial charge is 0.456 e. The summed E-state index contributed by atoms with van der Waals surface area (Å²) in [5.41, 5.74) is 20.4. The van der Waals surface area contributed by atoms with Crippen LogP contribution in [0.2, 0.25) is 0 Å². The lowest BCUT2D eigenvalue weighted by molar-refractivity contribution is 0.669. The molecule has 0 saturated carbocycles. The smallest absolute Gasteiger partial charge is 0.139 e. The molecule has 51 heavy (non-hydrogen) atoms. The summed E-state index contributed by atoms with van der Waals surface area (Å²) in [7, 11) is 18.6. The second-order valence-electron chi connectivity index (χ2n) is 14.7. The molecule has 0 fully saturated rings. The van der Waals surface area contributed by atoms with Crippen molar-refractivity contribution >= 4 is 161 Å². The summed E-state index contributed by atoms with van der Waals surface area (Å²) in [4.78, 5) is 0. The van der Waals surface area contributed by atoms with Gasteiger partial charge in [-0.15, -0.1) is 21.9 Å². The number of rotatable bonds is 3. The van der Waals surface area contributed by atoms with Gasteiger partial charge in [0.2, 0.25) is 0 Å². The van der Waals surface area contributed by atoms with Gasteiger partial charge in [-0.05, 0) is 83.9 Å². The second-order valence-corrected chi connectivity index (χ2v) is 14.7. The van der Waals surface area contributed by atoms with Gasteiger partial charge in [0.15, 0.2) is 0 Å². The monoisotopic (exact) mass is 642 g/mol. The number of fused-ring (bicyclic) bond motifs is 6. The SMILES string of the molecule is Bc1c(B)c(B)c2c(-c3cccc4ccccc34)c3c(B)c(B)c(B)c(B)c3c(-c3ccc(-c4ccc5c(c4)oc4ccccc45)cc3)c2c1B. The van der Waals surface area contributed by atoms with Crippen LogP contribution in [0.25, 0.3) is 87.6 Å². The van der Waals surface area contributed by atoms with E-state index in [0.717, 1.165) is 27.5 Å². The second kappa shape index (κ2) is 11.7. The summed E-state index contributed by atoms with van der Waals surface area (Å²) < 4.78 is 6.27. The number of para-hydroxylation sites is 1. The number of furan rings is 1. The van der Waals surface area contributed by atoms with E-state index in [0.29, 0.717) is 0 Å². The average Bonchev–Trinajstić information content (AvgIpc) is 3.54. The van der Waals surface area contributed by atoms with Crippen molar-refractivity contribution < 1.29 is 4.42 Å². The molecule has 0 saturated heterocycles. The summed E-state index contributed by atoms with van der Waals surface area (Å²) in [5, 5.41) is 10.4. The molecule has 0 bridgehead atoms. The molecule has 0 aliphatic heterocycles. The fraction of sp³-hybridized carbons (Fsp3) is 0. The molecule has 232 valence electrons. The van der Waals surface area contributed by atoms with Crippen molar-refractivity contribution in [2.24, 2.45) is 0 Å². The highest BCUT2D eigenvalue weighted by atomic mass is 16.3. The molecule has 9 aromatic rings. The molecular weight excluding hydrogens is 607 g/mol. The molecule has 0 amide bonds. The van der Waals surface area contributed by atoms with Crippen molar-refractivity contribution in [1.82, 2.24) is 0 Å². The minimum absolute atomic E-state index is 0.924. The summed E-state index contributed by atoms with van der Waals surface area (Å²) in [6, 6.07) is 39.9. The lowest BCUT2D eigenvalue weighted by atomic mass is 9.59. The van der Waals surface area contributed by atoms with E-state index < -0.39 is 0 Å². The number of benzene rings is 8. The van der Waals surface area contributed by atoms with Crippen molar-refractivity contribution in [3.63, 3.8) is 0 Å². The van der Waals surface area contributed by atoms with Gasteiger partial charge in [-0.3, -0.25) is 0 Å². The standard InChI is InChI=1S/C42H34B8O/c43-35-31-29(21-14-12-19(13-15-21)22-16-17-25-24-9-3-4-11-27(24)51-28(25)18-22)32-34(38(46)42(50)40(48)36(32)44)30(33(31)37(45)41(49)39(35)47)26-10-5-7-20-6-1-2-8-23(20)26/h1-18H,43-50H2. The fourth-order valence-corrected chi connectivity index (χ4v) is 8.86. The summed E-state index contributed by atoms with van der Waals surface area (Å²) in [6.07, 6.45) is 0. The molecule has 1 aromatic heterocycles. The average molecular weight is 641 g/mol. The number of hydrogen-bond acceptors (Lipinski definition) is 1. The first-order valence-corrected chi connectivity index (χ1v) is 18.1. The molecule has 0 N–H and O–H groups in total. The Bertz CT molecular complexity index is 2860. The van der Waals surface area contributed by atoms with E-state index in [1.807, 2.05) is 12.1 Å². The van der Waals surface area contributed by atoms with Crippen LogP contribution in [0.5, 0.6) is 0 Å². The van der Waals surface area contributed by atoms with Crippen LogP contribution < -0.4 is 43.7 Å². The molecule has 8 aromatic carbocycles. The molecule has 0 aliphatic rings. The first-order chi connectivity index (χ1) is 24.7. The van der Waals surface area contributed by atoms with E-state index in [1.165, 1.54) is 104 Å². The Morgan fingerprint density at radius 2 is 0.804 bits per heavy atom. The Labute approximate surface area is 306 Å². The molecular formula is C42H34B8O. The van der Waals surface area contributed by atoms with Gasteiger partial charge >= 0.3 is 0 Å².